The topological polar surface area (TPSA) is 42.1 Å². The summed E-state index contributed by atoms with van der Waals surface area (Å²) in [6.45, 7) is 4.71. The van der Waals surface area contributed by atoms with Crippen LogP contribution in [0, 0.1) is 6.92 Å². The van der Waals surface area contributed by atoms with Crippen molar-refractivity contribution in [3.05, 3.63) is 51.5 Å². The molecule has 96 valence electrons. The zero-order valence-electron chi connectivity index (χ0n) is 10.9. The van der Waals surface area contributed by atoms with Crippen LogP contribution < -0.4 is 5.73 Å². The fourth-order valence-corrected chi connectivity index (χ4v) is 2.92. The molecule has 0 fully saturated rings. The summed E-state index contributed by atoms with van der Waals surface area (Å²) in [5, 5.41) is 0. The molecule has 0 amide bonds. The van der Waals surface area contributed by atoms with Crippen molar-refractivity contribution in [1.29, 1.82) is 0 Å². The van der Waals surface area contributed by atoms with Crippen molar-refractivity contribution in [2.45, 2.75) is 26.6 Å². The highest BCUT2D eigenvalue weighted by Gasteiger charge is 2.07. The van der Waals surface area contributed by atoms with Crippen molar-refractivity contribution in [2.24, 2.45) is 5.73 Å². The van der Waals surface area contributed by atoms with E-state index in [1.54, 1.807) is 11.3 Å². The van der Waals surface area contributed by atoms with Crippen molar-refractivity contribution in [2.75, 3.05) is 7.05 Å². The van der Waals surface area contributed by atoms with Gasteiger partial charge < -0.3 is 5.73 Å². The molecule has 0 unspecified atom stereocenters. The van der Waals surface area contributed by atoms with E-state index in [0.717, 1.165) is 13.1 Å². The molecule has 2 heterocycles. The Morgan fingerprint density at radius 2 is 2.00 bits per heavy atom. The second kappa shape index (κ2) is 6.09. The molecule has 0 saturated carbocycles. The first-order chi connectivity index (χ1) is 8.69. The lowest BCUT2D eigenvalue weighted by molar-refractivity contribution is 0.319. The molecule has 0 aliphatic carbocycles. The number of thiophene rings is 1. The first-order valence-electron chi connectivity index (χ1n) is 6.04. The molecule has 0 spiro atoms. The number of pyridine rings is 1. The third-order valence-corrected chi connectivity index (χ3v) is 4.03. The molecule has 3 nitrogen and oxygen atoms in total. The zero-order valence-corrected chi connectivity index (χ0v) is 11.7. The lowest BCUT2D eigenvalue weighted by Gasteiger charge is -2.16. The van der Waals surface area contributed by atoms with Crippen LogP contribution in [0.2, 0.25) is 0 Å². The monoisotopic (exact) mass is 261 g/mol. The Morgan fingerprint density at radius 1 is 1.28 bits per heavy atom. The van der Waals surface area contributed by atoms with Crippen LogP contribution >= 0.6 is 11.3 Å². The number of hydrogen-bond acceptors (Lipinski definition) is 4. The molecule has 0 aliphatic heterocycles. The highest BCUT2D eigenvalue weighted by Crippen LogP contribution is 2.22. The number of aryl methyl sites for hydroxylation is 1. The molecule has 0 bridgehead atoms. The van der Waals surface area contributed by atoms with E-state index in [0.29, 0.717) is 6.54 Å². The van der Waals surface area contributed by atoms with Crippen LogP contribution in [-0.4, -0.2) is 16.9 Å². The van der Waals surface area contributed by atoms with Crippen LogP contribution in [0.1, 0.15) is 20.9 Å². The highest BCUT2D eigenvalue weighted by molar-refractivity contribution is 7.12. The molecular weight excluding hydrogens is 242 g/mol. The third-order valence-electron chi connectivity index (χ3n) is 2.91. The minimum atomic E-state index is 0.638. The van der Waals surface area contributed by atoms with E-state index in [1.165, 1.54) is 20.9 Å². The van der Waals surface area contributed by atoms with Gasteiger partial charge in [0.05, 0.1) is 0 Å². The number of hydrogen-bond donors (Lipinski definition) is 1. The predicted octanol–water partition coefficient (Wildman–Crippen LogP) is 2.54. The first-order valence-corrected chi connectivity index (χ1v) is 6.86. The molecule has 0 aromatic carbocycles. The Kier molecular flexibility index (Phi) is 4.47. The van der Waals surface area contributed by atoms with Crippen molar-refractivity contribution in [1.82, 2.24) is 9.88 Å². The van der Waals surface area contributed by atoms with E-state index in [4.69, 9.17) is 5.73 Å². The maximum Gasteiger partial charge on any atom is 0.0274 e. The smallest absolute Gasteiger partial charge is 0.0274 e. The maximum absolute atomic E-state index is 5.68. The first kappa shape index (κ1) is 13.2. The van der Waals surface area contributed by atoms with Gasteiger partial charge in [-0.15, -0.1) is 11.3 Å². The summed E-state index contributed by atoms with van der Waals surface area (Å²) in [7, 11) is 2.14. The normalized spacial score (nSPS) is 11.1. The third kappa shape index (κ3) is 3.38. The number of nitrogens with zero attached hydrogens (tertiary/aromatic N) is 2. The van der Waals surface area contributed by atoms with Crippen molar-refractivity contribution in [3.63, 3.8) is 0 Å². The Bertz CT molecular complexity index is 493. The standard InChI is InChI=1S/C14H19N3S/c1-11-13(7-14(8-15)18-11)10-17(2)9-12-3-5-16-6-4-12/h3-7H,8-10,15H2,1-2H3. The van der Waals surface area contributed by atoms with Crippen molar-refractivity contribution < 1.29 is 0 Å². The van der Waals surface area contributed by atoms with E-state index in [9.17, 15) is 0 Å². The quantitative estimate of drug-likeness (QED) is 0.899. The number of aromatic nitrogens is 1. The van der Waals surface area contributed by atoms with Crippen LogP contribution in [0.5, 0.6) is 0 Å². The molecule has 2 N–H and O–H groups in total. The van der Waals surface area contributed by atoms with Crippen LogP contribution in [0.25, 0.3) is 0 Å². The summed E-state index contributed by atoms with van der Waals surface area (Å²) >= 11 is 1.80. The fourth-order valence-electron chi connectivity index (χ4n) is 1.99. The van der Waals surface area contributed by atoms with Crippen LogP contribution in [-0.2, 0) is 19.6 Å². The summed E-state index contributed by atoms with van der Waals surface area (Å²) < 4.78 is 0. The fraction of sp³-hybridized carbons (Fsp3) is 0.357. The molecule has 0 aliphatic rings. The lowest BCUT2D eigenvalue weighted by atomic mass is 10.2. The molecular formula is C14H19N3S. The highest BCUT2D eigenvalue weighted by atomic mass is 32.1. The van der Waals surface area contributed by atoms with Gasteiger partial charge in [0.2, 0.25) is 0 Å². The van der Waals surface area contributed by atoms with Gasteiger partial charge in [0.15, 0.2) is 0 Å². The summed E-state index contributed by atoms with van der Waals surface area (Å²) in [6, 6.07) is 6.34. The van der Waals surface area contributed by atoms with Crippen molar-refractivity contribution >= 4 is 11.3 Å². The van der Waals surface area contributed by atoms with E-state index >= 15 is 0 Å². The van der Waals surface area contributed by atoms with Crippen LogP contribution in [0.15, 0.2) is 30.6 Å². The van der Waals surface area contributed by atoms with E-state index in [2.05, 4.69) is 42.1 Å². The summed E-state index contributed by atoms with van der Waals surface area (Å²) in [5.41, 5.74) is 8.35. The largest absolute Gasteiger partial charge is 0.326 e. The molecule has 4 heteroatoms. The Labute approximate surface area is 112 Å². The second-order valence-corrected chi connectivity index (χ2v) is 5.87. The van der Waals surface area contributed by atoms with Gasteiger partial charge in [0.25, 0.3) is 0 Å². The molecule has 18 heavy (non-hydrogen) atoms. The van der Waals surface area contributed by atoms with Gasteiger partial charge >= 0.3 is 0 Å². The molecule has 2 aromatic rings. The van der Waals surface area contributed by atoms with Gasteiger partial charge in [0.1, 0.15) is 0 Å². The average molecular weight is 261 g/mol. The minimum Gasteiger partial charge on any atom is -0.326 e. The second-order valence-electron chi connectivity index (χ2n) is 4.53. The number of nitrogens with two attached hydrogens (primary N) is 1. The van der Waals surface area contributed by atoms with Crippen LogP contribution in [0.4, 0.5) is 0 Å². The molecule has 0 atom stereocenters. The van der Waals surface area contributed by atoms with E-state index in [1.807, 2.05) is 12.4 Å². The molecule has 2 rings (SSSR count). The Morgan fingerprint density at radius 3 is 2.61 bits per heavy atom. The van der Waals surface area contributed by atoms with Gasteiger partial charge in [-0.05, 0) is 43.3 Å². The van der Waals surface area contributed by atoms with Gasteiger partial charge in [-0.2, -0.15) is 0 Å². The molecule has 2 aromatic heterocycles. The minimum absolute atomic E-state index is 0.638. The average Bonchev–Trinajstić information content (AvgIpc) is 2.71. The summed E-state index contributed by atoms with van der Waals surface area (Å²) in [5.74, 6) is 0. The summed E-state index contributed by atoms with van der Waals surface area (Å²) in [4.78, 5) is 8.98. The zero-order chi connectivity index (χ0) is 13.0. The summed E-state index contributed by atoms with van der Waals surface area (Å²) in [6.07, 6.45) is 3.68. The Balaban J connectivity index is 1.98. The van der Waals surface area contributed by atoms with Crippen molar-refractivity contribution in [3.8, 4) is 0 Å². The van der Waals surface area contributed by atoms with Gasteiger partial charge in [0, 0.05) is 41.8 Å². The van der Waals surface area contributed by atoms with E-state index < -0.39 is 0 Å². The molecule has 0 radical (unpaired) electrons. The van der Waals surface area contributed by atoms with Gasteiger partial charge in [-0.1, -0.05) is 0 Å². The molecule has 0 saturated heterocycles. The number of rotatable bonds is 5. The van der Waals surface area contributed by atoms with E-state index in [-0.39, 0.29) is 0 Å². The maximum atomic E-state index is 5.68. The van der Waals surface area contributed by atoms with Gasteiger partial charge in [-0.3, -0.25) is 9.88 Å². The lowest BCUT2D eigenvalue weighted by Crippen LogP contribution is -2.17. The predicted molar refractivity (Wildman–Crippen MR) is 76.4 cm³/mol. The van der Waals surface area contributed by atoms with Crippen LogP contribution in [0.3, 0.4) is 0 Å². The van der Waals surface area contributed by atoms with Gasteiger partial charge in [-0.25, -0.2) is 0 Å². The SMILES string of the molecule is Cc1sc(CN)cc1CN(C)Cc1ccncc1. The Hall–Kier alpha value is -1.23.